The number of anilines is 2. The summed E-state index contributed by atoms with van der Waals surface area (Å²) < 4.78 is 5.37. The predicted octanol–water partition coefficient (Wildman–Crippen LogP) is 0.476. The number of hydrogen-bond donors (Lipinski definition) is 2. The standard InChI is InChI=1S/C13H25N7O/c1-4-20-8-6-10(7-9-20)19(3)12-15-11(18-14)16-13(17-12)21-5-2/h10H,4-9,14H2,1-3H3,(H,15,16,17,18). The number of nitrogens with one attached hydrogen (secondary N) is 1. The van der Waals surface area contributed by atoms with Crippen molar-refractivity contribution in [3.05, 3.63) is 0 Å². The molecule has 0 aromatic carbocycles. The van der Waals surface area contributed by atoms with E-state index in [0.29, 0.717) is 30.6 Å². The summed E-state index contributed by atoms with van der Waals surface area (Å²) in [5, 5.41) is 0. The molecule has 8 nitrogen and oxygen atoms in total. The molecule has 8 heteroatoms. The Kier molecular flexibility index (Phi) is 5.51. The van der Waals surface area contributed by atoms with Crippen molar-refractivity contribution in [2.75, 3.05) is 43.6 Å². The van der Waals surface area contributed by atoms with Gasteiger partial charge >= 0.3 is 6.01 Å². The average Bonchev–Trinajstić information content (AvgIpc) is 2.54. The third kappa shape index (κ3) is 3.92. The van der Waals surface area contributed by atoms with Crippen LogP contribution in [0.25, 0.3) is 0 Å². The highest BCUT2D eigenvalue weighted by Gasteiger charge is 2.24. The molecule has 0 aliphatic carbocycles. The van der Waals surface area contributed by atoms with E-state index in [1.807, 2.05) is 14.0 Å². The number of hydrogen-bond acceptors (Lipinski definition) is 8. The van der Waals surface area contributed by atoms with E-state index in [4.69, 9.17) is 10.6 Å². The van der Waals surface area contributed by atoms with Crippen LogP contribution in [0.5, 0.6) is 6.01 Å². The number of nitrogens with two attached hydrogens (primary N) is 1. The first kappa shape index (κ1) is 15.7. The molecule has 0 amide bonds. The normalized spacial score (nSPS) is 16.8. The van der Waals surface area contributed by atoms with E-state index >= 15 is 0 Å². The van der Waals surface area contributed by atoms with Crippen LogP contribution in [0.4, 0.5) is 11.9 Å². The number of nitrogens with zero attached hydrogens (tertiary/aromatic N) is 5. The first-order valence-electron chi connectivity index (χ1n) is 7.48. The zero-order valence-electron chi connectivity index (χ0n) is 13.0. The summed E-state index contributed by atoms with van der Waals surface area (Å²) in [6.45, 7) is 7.92. The molecule has 0 saturated carbocycles. The van der Waals surface area contributed by atoms with Crippen LogP contribution in [0.2, 0.25) is 0 Å². The highest BCUT2D eigenvalue weighted by Crippen LogP contribution is 2.21. The van der Waals surface area contributed by atoms with Crippen LogP contribution in [0.3, 0.4) is 0 Å². The smallest absolute Gasteiger partial charge is 0.323 e. The highest BCUT2D eigenvalue weighted by atomic mass is 16.5. The lowest BCUT2D eigenvalue weighted by molar-refractivity contribution is 0.220. The fourth-order valence-electron chi connectivity index (χ4n) is 2.55. The average molecular weight is 295 g/mol. The third-order valence-electron chi connectivity index (χ3n) is 3.87. The van der Waals surface area contributed by atoms with Gasteiger partial charge in [-0.05, 0) is 26.3 Å². The van der Waals surface area contributed by atoms with E-state index in [9.17, 15) is 0 Å². The molecule has 0 unspecified atom stereocenters. The predicted molar refractivity (Wildman–Crippen MR) is 82.3 cm³/mol. The second-order valence-corrected chi connectivity index (χ2v) is 5.10. The summed E-state index contributed by atoms with van der Waals surface area (Å²) in [4.78, 5) is 17.3. The number of rotatable bonds is 6. The number of piperidine rings is 1. The molecule has 0 bridgehead atoms. The summed E-state index contributed by atoms with van der Waals surface area (Å²) in [6, 6.07) is 0.726. The number of aromatic nitrogens is 3. The molecule has 0 spiro atoms. The van der Waals surface area contributed by atoms with Gasteiger partial charge in [-0.25, -0.2) is 5.84 Å². The first-order valence-corrected chi connectivity index (χ1v) is 7.48. The van der Waals surface area contributed by atoms with E-state index in [-0.39, 0.29) is 0 Å². The van der Waals surface area contributed by atoms with E-state index < -0.39 is 0 Å². The van der Waals surface area contributed by atoms with Crippen molar-refractivity contribution >= 4 is 11.9 Å². The number of ether oxygens (including phenoxy) is 1. The van der Waals surface area contributed by atoms with E-state index in [2.05, 4.69) is 37.1 Å². The maximum absolute atomic E-state index is 5.42. The summed E-state index contributed by atoms with van der Waals surface area (Å²) >= 11 is 0. The molecule has 1 aromatic heterocycles. The minimum Gasteiger partial charge on any atom is -0.464 e. The minimum absolute atomic E-state index is 0.299. The van der Waals surface area contributed by atoms with Crippen molar-refractivity contribution in [2.24, 2.45) is 5.84 Å². The van der Waals surface area contributed by atoms with Crippen molar-refractivity contribution in [3.8, 4) is 6.01 Å². The minimum atomic E-state index is 0.299. The number of likely N-dealkylation sites (tertiary alicyclic amines) is 1. The van der Waals surface area contributed by atoms with Crippen molar-refractivity contribution in [1.29, 1.82) is 0 Å². The number of nitrogen functional groups attached to an aromatic ring is 1. The van der Waals surface area contributed by atoms with Crippen molar-refractivity contribution < 1.29 is 4.74 Å². The van der Waals surface area contributed by atoms with Crippen LogP contribution in [-0.4, -0.2) is 59.2 Å². The lowest BCUT2D eigenvalue weighted by Crippen LogP contribution is -2.44. The molecular weight excluding hydrogens is 270 g/mol. The topological polar surface area (TPSA) is 92.4 Å². The Morgan fingerprint density at radius 2 is 2.00 bits per heavy atom. The molecule has 1 aliphatic rings. The van der Waals surface area contributed by atoms with Crippen LogP contribution in [0.15, 0.2) is 0 Å². The second kappa shape index (κ2) is 7.37. The molecular formula is C13H25N7O. The largest absolute Gasteiger partial charge is 0.464 e. The molecule has 0 radical (unpaired) electrons. The molecule has 1 aliphatic heterocycles. The van der Waals surface area contributed by atoms with Crippen LogP contribution in [0.1, 0.15) is 26.7 Å². The molecule has 1 aromatic rings. The van der Waals surface area contributed by atoms with Crippen LogP contribution < -0.4 is 20.9 Å². The highest BCUT2D eigenvalue weighted by molar-refractivity contribution is 5.38. The Labute approximate surface area is 125 Å². The van der Waals surface area contributed by atoms with Gasteiger partial charge in [0.2, 0.25) is 11.9 Å². The van der Waals surface area contributed by atoms with Crippen molar-refractivity contribution in [1.82, 2.24) is 19.9 Å². The quantitative estimate of drug-likeness (QED) is 0.578. The maximum atomic E-state index is 5.42. The summed E-state index contributed by atoms with van der Waals surface area (Å²) in [6.07, 6.45) is 2.21. The third-order valence-corrected chi connectivity index (χ3v) is 3.87. The van der Waals surface area contributed by atoms with Gasteiger partial charge in [-0.3, -0.25) is 5.43 Å². The van der Waals surface area contributed by atoms with Gasteiger partial charge in [0.1, 0.15) is 0 Å². The molecule has 2 heterocycles. The fraction of sp³-hybridized carbons (Fsp3) is 0.769. The molecule has 2 rings (SSSR count). The van der Waals surface area contributed by atoms with Gasteiger partial charge in [0.15, 0.2) is 0 Å². The Hall–Kier alpha value is -1.67. The van der Waals surface area contributed by atoms with Crippen molar-refractivity contribution in [3.63, 3.8) is 0 Å². The molecule has 1 saturated heterocycles. The Bertz CT molecular complexity index is 448. The van der Waals surface area contributed by atoms with Gasteiger partial charge in [0.25, 0.3) is 0 Å². The molecule has 118 valence electrons. The molecule has 3 N–H and O–H groups in total. The summed E-state index contributed by atoms with van der Waals surface area (Å²) in [5.74, 6) is 6.33. The van der Waals surface area contributed by atoms with E-state index in [1.165, 1.54) is 0 Å². The van der Waals surface area contributed by atoms with Crippen LogP contribution >= 0.6 is 0 Å². The molecule has 1 fully saturated rings. The SMILES string of the molecule is CCOc1nc(NN)nc(N(C)C2CCN(CC)CC2)n1. The number of hydrazine groups is 1. The Balaban J connectivity index is 2.10. The van der Waals surface area contributed by atoms with Gasteiger partial charge in [-0.2, -0.15) is 15.0 Å². The van der Waals surface area contributed by atoms with Gasteiger partial charge in [0.05, 0.1) is 6.61 Å². The Morgan fingerprint density at radius 3 is 2.57 bits per heavy atom. The first-order chi connectivity index (χ1) is 10.2. The second-order valence-electron chi connectivity index (χ2n) is 5.10. The summed E-state index contributed by atoms with van der Waals surface area (Å²) in [5.41, 5.74) is 2.46. The lowest BCUT2D eigenvalue weighted by atomic mass is 10.0. The monoisotopic (exact) mass is 295 g/mol. The zero-order chi connectivity index (χ0) is 15.2. The van der Waals surface area contributed by atoms with Crippen LogP contribution in [0, 0.1) is 0 Å². The van der Waals surface area contributed by atoms with Gasteiger partial charge in [-0.15, -0.1) is 0 Å². The van der Waals surface area contributed by atoms with Crippen LogP contribution in [-0.2, 0) is 0 Å². The van der Waals surface area contributed by atoms with E-state index in [1.54, 1.807) is 0 Å². The molecule has 21 heavy (non-hydrogen) atoms. The van der Waals surface area contributed by atoms with Gasteiger partial charge in [-0.1, -0.05) is 6.92 Å². The Morgan fingerprint density at radius 1 is 1.29 bits per heavy atom. The lowest BCUT2D eigenvalue weighted by Gasteiger charge is -2.36. The van der Waals surface area contributed by atoms with Gasteiger partial charge < -0.3 is 14.5 Å². The maximum Gasteiger partial charge on any atom is 0.323 e. The molecule has 0 atom stereocenters. The fourth-order valence-corrected chi connectivity index (χ4v) is 2.55. The van der Waals surface area contributed by atoms with Gasteiger partial charge in [0, 0.05) is 26.2 Å². The van der Waals surface area contributed by atoms with Crippen molar-refractivity contribution in [2.45, 2.75) is 32.7 Å². The summed E-state index contributed by atoms with van der Waals surface area (Å²) in [7, 11) is 2.01. The van der Waals surface area contributed by atoms with E-state index in [0.717, 1.165) is 32.5 Å². The zero-order valence-corrected chi connectivity index (χ0v) is 13.0.